The number of ether oxygens (including phenoxy) is 2. The highest BCUT2D eigenvalue weighted by atomic mass is 35.5. The van der Waals surface area contributed by atoms with Crippen LogP contribution < -0.4 is 9.47 Å². The van der Waals surface area contributed by atoms with E-state index >= 15 is 0 Å². The number of halogens is 1. The monoisotopic (exact) mass is 387 g/mol. The van der Waals surface area contributed by atoms with E-state index in [1.54, 1.807) is 43.5 Å². The first-order chi connectivity index (χ1) is 13.0. The highest BCUT2D eigenvalue weighted by Crippen LogP contribution is 2.31. The summed E-state index contributed by atoms with van der Waals surface area (Å²) in [5.74, 6) is 1.37. The summed E-state index contributed by atoms with van der Waals surface area (Å²) in [4.78, 5) is 10.4. The van der Waals surface area contributed by atoms with E-state index in [4.69, 9.17) is 25.5 Å². The second-order valence-corrected chi connectivity index (χ2v) is 5.73. The van der Waals surface area contributed by atoms with Crippen molar-refractivity contribution in [1.29, 1.82) is 0 Å². The largest absolute Gasteiger partial charge is 0.493 e. The van der Waals surface area contributed by atoms with Gasteiger partial charge < -0.3 is 13.9 Å². The molecule has 0 aliphatic carbocycles. The topological polar surface area (TPSA) is 101 Å². The predicted molar refractivity (Wildman–Crippen MR) is 99.7 cm³/mol. The fourth-order valence-electron chi connectivity index (χ4n) is 2.34. The van der Waals surface area contributed by atoms with Crippen LogP contribution in [0.15, 0.2) is 46.9 Å². The average molecular weight is 388 g/mol. The van der Waals surface area contributed by atoms with Gasteiger partial charge in [0.1, 0.15) is 5.03 Å². The number of nitro benzene ring substituents is 1. The van der Waals surface area contributed by atoms with Crippen LogP contribution in [-0.2, 0) is 0 Å². The Bertz CT molecular complexity index is 1020. The molecule has 0 aliphatic heterocycles. The third-order valence-corrected chi connectivity index (χ3v) is 3.90. The number of aromatic nitrogens is 2. The summed E-state index contributed by atoms with van der Waals surface area (Å²) in [7, 11) is 3.09. The van der Waals surface area contributed by atoms with Gasteiger partial charge in [0.25, 0.3) is 11.6 Å². The molecule has 0 N–H and O–H groups in total. The van der Waals surface area contributed by atoms with Crippen LogP contribution in [0, 0.1) is 10.1 Å². The van der Waals surface area contributed by atoms with Crippen molar-refractivity contribution in [2.45, 2.75) is 0 Å². The lowest BCUT2D eigenvalue weighted by Gasteiger charge is -2.07. The van der Waals surface area contributed by atoms with Crippen LogP contribution in [0.4, 0.5) is 5.69 Å². The molecule has 9 heteroatoms. The van der Waals surface area contributed by atoms with Gasteiger partial charge in [-0.15, -0.1) is 10.2 Å². The molecule has 8 nitrogen and oxygen atoms in total. The lowest BCUT2D eigenvalue weighted by atomic mass is 10.2. The van der Waals surface area contributed by atoms with Gasteiger partial charge in [0.2, 0.25) is 5.89 Å². The van der Waals surface area contributed by atoms with E-state index in [1.807, 2.05) is 0 Å². The molecule has 0 atom stereocenters. The van der Waals surface area contributed by atoms with Crippen LogP contribution in [0.3, 0.4) is 0 Å². The van der Waals surface area contributed by atoms with Crippen molar-refractivity contribution in [1.82, 2.24) is 10.2 Å². The first-order valence-electron chi connectivity index (χ1n) is 7.69. The minimum Gasteiger partial charge on any atom is -0.493 e. The normalized spacial score (nSPS) is 11.3. The Morgan fingerprint density at radius 1 is 1.15 bits per heavy atom. The molecule has 0 saturated carbocycles. The molecule has 2 aromatic carbocycles. The summed E-state index contributed by atoms with van der Waals surface area (Å²) >= 11 is 6.28. The Morgan fingerprint density at radius 2 is 1.93 bits per heavy atom. The number of rotatable bonds is 6. The second kappa shape index (κ2) is 7.88. The fourth-order valence-corrected chi connectivity index (χ4v) is 2.54. The molecule has 3 rings (SSSR count). The zero-order valence-corrected chi connectivity index (χ0v) is 15.1. The van der Waals surface area contributed by atoms with Gasteiger partial charge in [-0.05, 0) is 29.8 Å². The summed E-state index contributed by atoms with van der Waals surface area (Å²) in [5.41, 5.74) is 1.10. The molecule has 0 fully saturated rings. The van der Waals surface area contributed by atoms with E-state index in [0.717, 1.165) is 5.56 Å². The predicted octanol–water partition coefficient (Wildman–Crippen LogP) is 4.40. The molecule has 3 aromatic rings. The molecule has 0 spiro atoms. The van der Waals surface area contributed by atoms with E-state index in [2.05, 4.69) is 10.2 Å². The molecule has 138 valence electrons. The molecule has 1 heterocycles. The quantitative estimate of drug-likeness (QED) is 0.456. The molecular weight excluding hydrogens is 374 g/mol. The van der Waals surface area contributed by atoms with Gasteiger partial charge in [0, 0.05) is 17.7 Å². The molecule has 0 aliphatic rings. The van der Waals surface area contributed by atoms with Crippen molar-refractivity contribution in [3.63, 3.8) is 0 Å². The van der Waals surface area contributed by atoms with E-state index in [0.29, 0.717) is 17.1 Å². The molecule has 0 amide bonds. The average Bonchev–Trinajstić information content (AvgIpc) is 3.18. The maximum Gasteiger partial charge on any atom is 0.270 e. The summed E-state index contributed by atoms with van der Waals surface area (Å²) in [6.07, 6.45) is 1.63. The zero-order chi connectivity index (χ0) is 19.4. The molecule has 27 heavy (non-hydrogen) atoms. The smallest absolute Gasteiger partial charge is 0.270 e. The number of nitro groups is 1. The van der Waals surface area contributed by atoms with E-state index in [9.17, 15) is 10.1 Å². The van der Waals surface area contributed by atoms with Gasteiger partial charge in [-0.2, -0.15) is 0 Å². The van der Waals surface area contributed by atoms with Gasteiger partial charge in [0.15, 0.2) is 11.5 Å². The van der Waals surface area contributed by atoms with Crippen molar-refractivity contribution in [3.05, 3.63) is 64.0 Å². The Kier molecular flexibility index (Phi) is 5.37. The van der Waals surface area contributed by atoms with E-state index < -0.39 is 4.92 Å². The Labute approximate surface area is 159 Å². The number of non-ortho nitro benzene ring substituents is 1. The highest BCUT2D eigenvalue weighted by molar-refractivity contribution is 6.50. The molecule has 0 bridgehead atoms. The number of methoxy groups -OCH3 is 2. The number of nitrogens with zero attached hydrogens (tertiary/aromatic N) is 3. The third kappa shape index (κ3) is 4.06. The molecule has 0 saturated heterocycles. The Hall–Kier alpha value is -3.39. The molecule has 0 radical (unpaired) electrons. The van der Waals surface area contributed by atoms with Crippen LogP contribution in [0.1, 0.15) is 11.5 Å². The van der Waals surface area contributed by atoms with Crippen molar-refractivity contribution < 1.29 is 18.8 Å². The molecule has 1 aromatic heterocycles. The summed E-state index contributed by atoms with van der Waals surface area (Å²) in [6.45, 7) is 0. The maximum absolute atomic E-state index is 10.9. The Balaban J connectivity index is 1.89. The van der Waals surface area contributed by atoms with Crippen LogP contribution in [-0.4, -0.2) is 29.3 Å². The van der Waals surface area contributed by atoms with Crippen LogP contribution in [0.25, 0.3) is 22.6 Å². The van der Waals surface area contributed by atoms with E-state index in [-0.39, 0.29) is 22.5 Å². The summed E-state index contributed by atoms with van der Waals surface area (Å²) in [6, 6.07) is 11.2. The molecule has 0 unspecified atom stereocenters. The third-order valence-electron chi connectivity index (χ3n) is 3.63. The number of hydrogen-bond donors (Lipinski definition) is 0. The standard InChI is InChI=1S/C18H14ClN3O5/c1-25-15-7-6-11(9-16(15)26-2)8-14(19)18-21-20-17(27-18)12-4-3-5-13(10-12)22(23)24/h3-10H,1-2H3/b14-8-. The van der Waals surface area contributed by atoms with Gasteiger partial charge in [-0.25, -0.2) is 0 Å². The summed E-state index contributed by atoms with van der Waals surface area (Å²) < 4.78 is 16.0. The minimum atomic E-state index is -0.495. The van der Waals surface area contributed by atoms with Gasteiger partial charge in [-0.3, -0.25) is 10.1 Å². The number of benzene rings is 2. The lowest BCUT2D eigenvalue weighted by molar-refractivity contribution is -0.384. The fraction of sp³-hybridized carbons (Fsp3) is 0.111. The first-order valence-corrected chi connectivity index (χ1v) is 8.07. The van der Waals surface area contributed by atoms with Gasteiger partial charge in [-0.1, -0.05) is 23.7 Å². The van der Waals surface area contributed by atoms with Crippen molar-refractivity contribution in [2.24, 2.45) is 0 Å². The first kappa shape index (κ1) is 18.4. The van der Waals surface area contributed by atoms with Gasteiger partial charge in [0.05, 0.1) is 19.1 Å². The Morgan fingerprint density at radius 3 is 2.63 bits per heavy atom. The minimum absolute atomic E-state index is 0.0702. The van der Waals surface area contributed by atoms with Crippen molar-refractivity contribution in [2.75, 3.05) is 14.2 Å². The molecular formula is C18H14ClN3O5. The lowest BCUT2D eigenvalue weighted by Crippen LogP contribution is -1.90. The SMILES string of the molecule is COc1ccc(/C=C(\Cl)c2nnc(-c3cccc([N+](=O)[O-])c3)o2)cc1OC. The maximum atomic E-state index is 10.9. The van der Waals surface area contributed by atoms with Gasteiger partial charge >= 0.3 is 0 Å². The second-order valence-electron chi connectivity index (χ2n) is 5.33. The van der Waals surface area contributed by atoms with Crippen molar-refractivity contribution >= 4 is 28.4 Å². The number of hydrogen-bond acceptors (Lipinski definition) is 7. The van der Waals surface area contributed by atoms with Crippen LogP contribution in [0.2, 0.25) is 0 Å². The van der Waals surface area contributed by atoms with Crippen molar-refractivity contribution in [3.8, 4) is 23.0 Å². The van der Waals surface area contributed by atoms with E-state index in [1.165, 1.54) is 19.2 Å². The highest BCUT2D eigenvalue weighted by Gasteiger charge is 2.14. The zero-order valence-electron chi connectivity index (χ0n) is 14.4. The van der Waals surface area contributed by atoms with Crippen LogP contribution in [0.5, 0.6) is 11.5 Å². The summed E-state index contributed by atoms with van der Waals surface area (Å²) in [5, 5.41) is 18.9. The van der Waals surface area contributed by atoms with Crippen LogP contribution >= 0.6 is 11.6 Å².